The van der Waals surface area contributed by atoms with Crippen LogP contribution >= 0.6 is 0 Å². The number of nitrogens with one attached hydrogen (secondary N) is 1. The standard InChI is InChI=1S/C17H20N2O4/c1-3-10-23-17(20)14-11-13(19(21)22)8-9-16(14)18-15-7-5-4-6-12(15)2/h1,8-9,11-12,15,18H,4-7,10H2,2H3/t12-,15-/m1/s1. The molecule has 0 radical (unpaired) electrons. The number of esters is 1. The minimum Gasteiger partial charge on any atom is -0.449 e. The number of carbonyl (C=O) groups is 1. The van der Waals surface area contributed by atoms with Gasteiger partial charge in [-0.15, -0.1) is 6.42 Å². The van der Waals surface area contributed by atoms with Gasteiger partial charge in [-0.1, -0.05) is 25.7 Å². The fraction of sp³-hybridized carbons (Fsp3) is 0.471. The van der Waals surface area contributed by atoms with Gasteiger partial charge >= 0.3 is 5.97 Å². The van der Waals surface area contributed by atoms with Crippen LogP contribution in [0.3, 0.4) is 0 Å². The van der Waals surface area contributed by atoms with E-state index in [-0.39, 0.29) is 23.9 Å². The van der Waals surface area contributed by atoms with E-state index in [1.54, 1.807) is 6.07 Å². The molecule has 0 spiro atoms. The molecule has 1 fully saturated rings. The Kier molecular flexibility index (Phi) is 5.58. The zero-order valence-electron chi connectivity index (χ0n) is 13.1. The highest BCUT2D eigenvalue weighted by Crippen LogP contribution is 2.30. The molecule has 122 valence electrons. The first kappa shape index (κ1) is 16.8. The summed E-state index contributed by atoms with van der Waals surface area (Å²) in [4.78, 5) is 22.5. The molecule has 6 heteroatoms. The van der Waals surface area contributed by atoms with E-state index in [9.17, 15) is 14.9 Å². The molecule has 6 nitrogen and oxygen atoms in total. The van der Waals surface area contributed by atoms with E-state index >= 15 is 0 Å². The van der Waals surface area contributed by atoms with Crippen molar-refractivity contribution in [3.63, 3.8) is 0 Å². The maximum absolute atomic E-state index is 12.1. The van der Waals surface area contributed by atoms with Crippen molar-refractivity contribution in [1.29, 1.82) is 0 Å². The molecule has 0 aromatic heterocycles. The van der Waals surface area contributed by atoms with Crippen LogP contribution < -0.4 is 5.32 Å². The number of non-ortho nitro benzene ring substituents is 1. The van der Waals surface area contributed by atoms with Crippen molar-refractivity contribution < 1.29 is 14.5 Å². The molecule has 0 heterocycles. The normalized spacial score (nSPS) is 20.3. The van der Waals surface area contributed by atoms with E-state index in [1.165, 1.54) is 18.6 Å². The van der Waals surface area contributed by atoms with Gasteiger partial charge in [-0.2, -0.15) is 0 Å². The van der Waals surface area contributed by atoms with E-state index in [0.717, 1.165) is 19.3 Å². The fourth-order valence-electron chi connectivity index (χ4n) is 2.86. The third-order valence-corrected chi connectivity index (χ3v) is 4.17. The third-order valence-electron chi connectivity index (χ3n) is 4.17. The predicted molar refractivity (Wildman–Crippen MR) is 87.3 cm³/mol. The Hall–Kier alpha value is -2.55. The van der Waals surface area contributed by atoms with Gasteiger partial charge in [0, 0.05) is 23.9 Å². The lowest BCUT2D eigenvalue weighted by Gasteiger charge is -2.30. The number of benzene rings is 1. The average Bonchev–Trinajstić information content (AvgIpc) is 2.54. The zero-order chi connectivity index (χ0) is 16.8. The number of nitro benzene ring substituents is 1. The summed E-state index contributed by atoms with van der Waals surface area (Å²) < 4.78 is 4.93. The van der Waals surface area contributed by atoms with Gasteiger partial charge in [0.15, 0.2) is 6.61 Å². The van der Waals surface area contributed by atoms with Gasteiger partial charge in [0.2, 0.25) is 0 Å². The van der Waals surface area contributed by atoms with Crippen molar-refractivity contribution in [2.45, 2.75) is 38.6 Å². The van der Waals surface area contributed by atoms with Crippen LogP contribution in [0, 0.1) is 28.4 Å². The van der Waals surface area contributed by atoms with Gasteiger partial charge < -0.3 is 10.1 Å². The maximum atomic E-state index is 12.1. The summed E-state index contributed by atoms with van der Waals surface area (Å²) in [6.45, 7) is 2.00. The number of terminal acetylenes is 1. The maximum Gasteiger partial charge on any atom is 0.341 e. The number of nitro groups is 1. The van der Waals surface area contributed by atoms with Crippen LogP contribution in [0.1, 0.15) is 43.0 Å². The summed E-state index contributed by atoms with van der Waals surface area (Å²) in [6.07, 6.45) is 9.56. The van der Waals surface area contributed by atoms with Gasteiger partial charge in [-0.25, -0.2) is 4.79 Å². The molecule has 1 aliphatic rings. The van der Waals surface area contributed by atoms with Crippen LogP contribution in [0.2, 0.25) is 0 Å². The first-order valence-corrected chi connectivity index (χ1v) is 7.68. The highest BCUT2D eigenvalue weighted by molar-refractivity contribution is 5.96. The minimum atomic E-state index is -0.655. The summed E-state index contributed by atoms with van der Waals surface area (Å²) in [7, 11) is 0. The van der Waals surface area contributed by atoms with Gasteiger partial charge in [0.1, 0.15) is 0 Å². The largest absolute Gasteiger partial charge is 0.449 e. The van der Waals surface area contributed by atoms with E-state index in [4.69, 9.17) is 11.2 Å². The van der Waals surface area contributed by atoms with Gasteiger partial charge in [-0.3, -0.25) is 10.1 Å². The van der Waals surface area contributed by atoms with Crippen molar-refractivity contribution in [1.82, 2.24) is 0 Å². The predicted octanol–water partition coefficient (Wildman–Crippen LogP) is 3.38. The Labute approximate surface area is 135 Å². The van der Waals surface area contributed by atoms with Gasteiger partial charge in [0.25, 0.3) is 5.69 Å². The smallest absolute Gasteiger partial charge is 0.341 e. The van der Waals surface area contributed by atoms with Crippen molar-refractivity contribution in [2.24, 2.45) is 5.92 Å². The Morgan fingerprint density at radius 2 is 2.22 bits per heavy atom. The molecule has 0 unspecified atom stereocenters. The van der Waals surface area contributed by atoms with E-state index in [0.29, 0.717) is 11.6 Å². The molecule has 23 heavy (non-hydrogen) atoms. The number of nitrogens with zero attached hydrogens (tertiary/aromatic N) is 1. The molecule has 1 aliphatic carbocycles. The van der Waals surface area contributed by atoms with E-state index in [2.05, 4.69) is 18.2 Å². The van der Waals surface area contributed by atoms with Crippen molar-refractivity contribution in [3.8, 4) is 12.3 Å². The monoisotopic (exact) mass is 316 g/mol. The van der Waals surface area contributed by atoms with E-state index < -0.39 is 10.9 Å². The second kappa shape index (κ2) is 7.63. The lowest BCUT2D eigenvalue weighted by molar-refractivity contribution is -0.384. The van der Waals surface area contributed by atoms with Crippen molar-refractivity contribution >= 4 is 17.3 Å². The third kappa shape index (κ3) is 4.22. The van der Waals surface area contributed by atoms with E-state index in [1.807, 2.05) is 0 Å². The lowest BCUT2D eigenvalue weighted by atomic mass is 9.85. The first-order valence-electron chi connectivity index (χ1n) is 7.68. The summed E-state index contributed by atoms with van der Waals surface area (Å²) in [5.74, 6) is 2.04. The summed E-state index contributed by atoms with van der Waals surface area (Å²) in [5, 5.41) is 14.3. The lowest BCUT2D eigenvalue weighted by Crippen LogP contribution is -2.31. The summed E-state index contributed by atoms with van der Waals surface area (Å²) in [5.41, 5.74) is 0.545. The zero-order valence-corrected chi connectivity index (χ0v) is 13.1. The average molecular weight is 316 g/mol. The molecule has 0 bridgehead atoms. The molecule has 1 saturated carbocycles. The highest BCUT2D eigenvalue weighted by atomic mass is 16.6. The molecule has 1 aromatic carbocycles. The second-order valence-electron chi connectivity index (χ2n) is 5.78. The number of hydrogen-bond acceptors (Lipinski definition) is 5. The number of anilines is 1. The molecule has 2 rings (SSSR count). The molecule has 1 N–H and O–H groups in total. The molecular weight excluding hydrogens is 296 g/mol. The molecule has 2 atom stereocenters. The molecule has 0 saturated heterocycles. The van der Waals surface area contributed by atoms with Crippen LogP contribution in [0.25, 0.3) is 0 Å². The van der Waals surface area contributed by atoms with Crippen molar-refractivity contribution in [3.05, 3.63) is 33.9 Å². The Bertz CT molecular complexity index is 636. The molecule has 1 aromatic rings. The quantitative estimate of drug-likeness (QED) is 0.390. The number of carbonyl (C=O) groups excluding carboxylic acids is 1. The van der Waals surface area contributed by atoms with Crippen LogP contribution in [-0.4, -0.2) is 23.5 Å². The molecular formula is C17H20N2O4. The topological polar surface area (TPSA) is 81.5 Å². The first-order chi connectivity index (χ1) is 11.0. The second-order valence-corrected chi connectivity index (χ2v) is 5.78. The number of ether oxygens (including phenoxy) is 1. The van der Waals surface area contributed by atoms with Gasteiger partial charge in [-0.05, 0) is 24.8 Å². The Morgan fingerprint density at radius 3 is 2.87 bits per heavy atom. The summed E-state index contributed by atoms with van der Waals surface area (Å²) >= 11 is 0. The summed E-state index contributed by atoms with van der Waals surface area (Å²) in [6, 6.07) is 4.42. The number of rotatable bonds is 5. The fourth-order valence-corrected chi connectivity index (χ4v) is 2.86. The van der Waals surface area contributed by atoms with Crippen LogP contribution in [0.15, 0.2) is 18.2 Å². The molecule has 0 amide bonds. The highest BCUT2D eigenvalue weighted by Gasteiger charge is 2.24. The van der Waals surface area contributed by atoms with Crippen LogP contribution in [0.5, 0.6) is 0 Å². The Morgan fingerprint density at radius 1 is 1.48 bits per heavy atom. The molecule has 0 aliphatic heterocycles. The number of hydrogen-bond donors (Lipinski definition) is 1. The SMILES string of the molecule is C#CCOC(=O)c1cc([N+](=O)[O-])ccc1N[C@@H]1CCCC[C@H]1C. The van der Waals surface area contributed by atoms with Crippen LogP contribution in [-0.2, 0) is 4.74 Å². The minimum absolute atomic E-state index is 0.146. The van der Waals surface area contributed by atoms with Gasteiger partial charge in [0.05, 0.1) is 10.5 Å². The van der Waals surface area contributed by atoms with Crippen LogP contribution in [0.4, 0.5) is 11.4 Å². The Balaban J connectivity index is 2.27. The van der Waals surface area contributed by atoms with Crippen molar-refractivity contribution in [2.75, 3.05) is 11.9 Å².